The fourth-order valence-corrected chi connectivity index (χ4v) is 3.00. The first-order valence-corrected chi connectivity index (χ1v) is 6.85. The normalized spacial score (nSPS) is 19.4. The van der Waals surface area contributed by atoms with Crippen LogP contribution in [0, 0.1) is 0 Å². The first-order valence-electron chi connectivity index (χ1n) is 6.47. The zero-order valence-electron chi connectivity index (χ0n) is 11.1. The van der Waals surface area contributed by atoms with Crippen LogP contribution in [0.5, 0.6) is 0 Å². The van der Waals surface area contributed by atoms with Gasteiger partial charge in [-0.05, 0) is 25.5 Å². The van der Waals surface area contributed by atoms with Gasteiger partial charge in [-0.15, -0.1) is 24.8 Å². The van der Waals surface area contributed by atoms with Gasteiger partial charge in [-0.25, -0.2) is 0 Å². The smallest absolute Gasteiger partial charge is 0.0705 e. The molecule has 1 saturated heterocycles. The van der Waals surface area contributed by atoms with E-state index < -0.39 is 0 Å². The number of nitrogens with two attached hydrogens (primary N) is 1. The van der Waals surface area contributed by atoms with E-state index in [-0.39, 0.29) is 24.8 Å². The van der Waals surface area contributed by atoms with Crippen LogP contribution in [0.15, 0.2) is 24.3 Å². The van der Waals surface area contributed by atoms with Crippen molar-refractivity contribution in [3.8, 4) is 0 Å². The van der Waals surface area contributed by atoms with Crippen LogP contribution < -0.4 is 5.73 Å². The quantitative estimate of drug-likeness (QED) is 0.880. The van der Waals surface area contributed by atoms with Gasteiger partial charge in [-0.1, -0.05) is 29.8 Å². The van der Waals surface area contributed by atoms with Crippen LogP contribution in [0.1, 0.15) is 18.5 Å². The molecule has 112 valence electrons. The Balaban J connectivity index is 0.000001000. The molecule has 6 heteroatoms. The van der Waals surface area contributed by atoms with E-state index in [9.17, 15) is 0 Å². The summed E-state index contributed by atoms with van der Waals surface area (Å²) in [7, 11) is 0. The summed E-state index contributed by atoms with van der Waals surface area (Å²) in [5, 5.41) is 1.96. The van der Waals surface area contributed by atoms with E-state index in [0.717, 1.165) is 47.7 Å². The van der Waals surface area contributed by atoms with Gasteiger partial charge in [0.25, 0.3) is 0 Å². The molecule has 0 bridgehead atoms. The fourth-order valence-electron chi connectivity index (χ4n) is 2.73. The zero-order valence-corrected chi connectivity index (χ0v) is 13.5. The Labute approximate surface area is 136 Å². The van der Waals surface area contributed by atoms with Crippen molar-refractivity contribution < 1.29 is 0 Å². The Bertz CT molecular complexity index is 556. The molecule has 1 unspecified atom stereocenters. The molecule has 3 nitrogen and oxygen atoms in total. The molecule has 0 amide bonds. The number of benzene rings is 1. The third-order valence-corrected chi connectivity index (χ3v) is 4.07. The van der Waals surface area contributed by atoms with E-state index >= 15 is 0 Å². The molecule has 20 heavy (non-hydrogen) atoms. The zero-order chi connectivity index (χ0) is 12.5. The van der Waals surface area contributed by atoms with E-state index in [0.29, 0.717) is 6.04 Å². The number of aromatic nitrogens is 1. The van der Waals surface area contributed by atoms with Crippen LogP contribution in [0.25, 0.3) is 10.9 Å². The Morgan fingerprint density at radius 1 is 1.30 bits per heavy atom. The molecule has 0 saturated carbocycles. The van der Waals surface area contributed by atoms with Gasteiger partial charge >= 0.3 is 0 Å². The topological polar surface area (TPSA) is 45.0 Å². The predicted molar refractivity (Wildman–Crippen MR) is 90.3 cm³/mol. The van der Waals surface area contributed by atoms with Crippen LogP contribution in [0.2, 0.25) is 5.02 Å². The molecule has 3 N–H and O–H groups in total. The van der Waals surface area contributed by atoms with Gasteiger partial charge in [-0.3, -0.25) is 4.90 Å². The Hall–Kier alpha value is -0.450. The second-order valence-electron chi connectivity index (χ2n) is 5.10. The maximum atomic E-state index is 6.42. The molecule has 1 aromatic heterocycles. The van der Waals surface area contributed by atoms with Gasteiger partial charge in [0.15, 0.2) is 0 Å². The maximum absolute atomic E-state index is 6.42. The Morgan fingerprint density at radius 3 is 2.75 bits per heavy atom. The highest BCUT2D eigenvalue weighted by molar-refractivity contribution is 6.36. The number of likely N-dealkylation sites (tertiary alicyclic amines) is 1. The highest BCUT2D eigenvalue weighted by atomic mass is 35.5. The minimum atomic E-state index is 0. The average molecular weight is 337 g/mol. The lowest BCUT2D eigenvalue weighted by molar-refractivity contribution is 0.200. The number of piperidine rings is 1. The van der Waals surface area contributed by atoms with E-state index in [4.69, 9.17) is 17.3 Å². The van der Waals surface area contributed by atoms with E-state index in [1.165, 1.54) is 6.42 Å². The number of H-pyrrole nitrogens is 1. The average Bonchev–Trinajstić information content (AvgIpc) is 2.67. The third kappa shape index (κ3) is 3.60. The molecule has 1 aliphatic heterocycles. The molecular weight excluding hydrogens is 317 g/mol. The first kappa shape index (κ1) is 17.6. The van der Waals surface area contributed by atoms with Crippen molar-refractivity contribution in [2.24, 2.45) is 5.73 Å². The number of halogens is 3. The second kappa shape index (κ2) is 7.53. The number of para-hydroxylation sites is 1. The van der Waals surface area contributed by atoms with Gasteiger partial charge in [0.2, 0.25) is 0 Å². The summed E-state index contributed by atoms with van der Waals surface area (Å²) < 4.78 is 0. The molecule has 0 spiro atoms. The molecule has 3 rings (SSSR count). The summed E-state index contributed by atoms with van der Waals surface area (Å²) >= 11 is 6.42. The Morgan fingerprint density at radius 2 is 2.05 bits per heavy atom. The van der Waals surface area contributed by atoms with Gasteiger partial charge in [0, 0.05) is 35.7 Å². The summed E-state index contributed by atoms with van der Waals surface area (Å²) in [5.74, 6) is 0. The van der Waals surface area contributed by atoms with Crippen molar-refractivity contribution in [3.05, 3.63) is 35.0 Å². The predicted octanol–water partition coefficient (Wildman–Crippen LogP) is 3.59. The highest BCUT2D eigenvalue weighted by Crippen LogP contribution is 2.28. The molecule has 1 atom stereocenters. The standard InChI is InChI=1S/C14H18ClN3.2ClH/c15-14-11-5-1-2-6-12(11)17-13(14)9-18-7-3-4-10(16)8-18;;/h1-2,5-6,10,17H,3-4,7-9,16H2;2*1H. The minimum absolute atomic E-state index is 0. The summed E-state index contributed by atoms with van der Waals surface area (Å²) in [5.41, 5.74) is 8.22. The van der Waals surface area contributed by atoms with Crippen molar-refractivity contribution in [3.63, 3.8) is 0 Å². The number of rotatable bonds is 2. The van der Waals surface area contributed by atoms with Crippen LogP contribution in [-0.4, -0.2) is 29.0 Å². The SMILES string of the molecule is Cl.Cl.NC1CCCN(Cc2[nH]c3ccccc3c2Cl)C1. The van der Waals surface area contributed by atoms with Gasteiger partial charge in [0.1, 0.15) is 0 Å². The third-order valence-electron chi connectivity index (χ3n) is 3.64. The number of nitrogens with zero attached hydrogens (tertiary/aromatic N) is 1. The second-order valence-corrected chi connectivity index (χ2v) is 5.48. The summed E-state index contributed by atoms with van der Waals surface area (Å²) in [6, 6.07) is 8.46. The van der Waals surface area contributed by atoms with Crippen molar-refractivity contribution in [2.75, 3.05) is 13.1 Å². The van der Waals surface area contributed by atoms with Gasteiger partial charge in [0.05, 0.1) is 5.02 Å². The number of aromatic amines is 1. The van der Waals surface area contributed by atoms with Gasteiger partial charge in [-0.2, -0.15) is 0 Å². The largest absolute Gasteiger partial charge is 0.356 e. The molecule has 2 heterocycles. The molecule has 0 radical (unpaired) electrons. The lowest BCUT2D eigenvalue weighted by Crippen LogP contribution is -2.42. The molecule has 0 aliphatic carbocycles. The molecule has 2 aromatic rings. The van der Waals surface area contributed by atoms with Crippen LogP contribution in [0.3, 0.4) is 0 Å². The molecular formula is C14H20Cl3N3. The lowest BCUT2D eigenvalue weighted by atomic mass is 10.1. The van der Waals surface area contributed by atoms with E-state index in [1.54, 1.807) is 0 Å². The summed E-state index contributed by atoms with van der Waals surface area (Å²) in [4.78, 5) is 5.79. The number of hydrogen-bond donors (Lipinski definition) is 2. The number of fused-ring (bicyclic) bond motifs is 1. The molecule has 1 fully saturated rings. The maximum Gasteiger partial charge on any atom is 0.0705 e. The molecule has 1 aromatic carbocycles. The van der Waals surface area contributed by atoms with E-state index in [2.05, 4.69) is 22.0 Å². The summed E-state index contributed by atoms with van der Waals surface area (Å²) in [6.45, 7) is 2.94. The number of nitrogens with one attached hydrogen (secondary N) is 1. The highest BCUT2D eigenvalue weighted by Gasteiger charge is 2.19. The van der Waals surface area contributed by atoms with Crippen molar-refractivity contribution in [1.29, 1.82) is 0 Å². The van der Waals surface area contributed by atoms with E-state index in [1.807, 2.05) is 12.1 Å². The lowest BCUT2D eigenvalue weighted by Gasteiger charge is -2.30. The summed E-state index contributed by atoms with van der Waals surface area (Å²) in [6.07, 6.45) is 2.32. The van der Waals surface area contributed by atoms with Crippen molar-refractivity contribution in [1.82, 2.24) is 9.88 Å². The van der Waals surface area contributed by atoms with Gasteiger partial charge < -0.3 is 10.7 Å². The minimum Gasteiger partial charge on any atom is -0.356 e. The van der Waals surface area contributed by atoms with Crippen molar-refractivity contribution >= 4 is 47.3 Å². The fraction of sp³-hybridized carbons (Fsp3) is 0.429. The van der Waals surface area contributed by atoms with Crippen LogP contribution >= 0.6 is 36.4 Å². The Kier molecular flexibility index (Phi) is 6.62. The van der Waals surface area contributed by atoms with Crippen LogP contribution in [0.4, 0.5) is 0 Å². The first-order chi connectivity index (χ1) is 8.74. The monoisotopic (exact) mass is 335 g/mol. The van der Waals surface area contributed by atoms with Crippen LogP contribution in [-0.2, 0) is 6.54 Å². The van der Waals surface area contributed by atoms with Crippen molar-refractivity contribution in [2.45, 2.75) is 25.4 Å². The molecule has 1 aliphatic rings. The number of hydrogen-bond acceptors (Lipinski definition) is 2.